The van der Waals surface area contributed by atoms with E-state index < -0.39 is 5.91 Å². The van der Waals surface area contributed by atoms with Crippen LogP contribution in [0.15, 0.2) is 42.6 Å². The molecule has 2 N–H and O–H groups in total. The van der Waals surface area contributed by atoms with E-state index in [2.05, 4.69) is 5.10 Å². The van der Waals surface area contributed by atoms with E-state index in [-0.39, 0.29) is 6.04 Å². The maximum Gasteiger partial charge on any atom is 0.269 e. The zero-order valence-electron chi connectivity index (χ0n) is 9.00. The Morgan fingerprint density at radius 3 is 2.56 bits per heavy atom. The van der Waals surface area contributed by atoms with Crippen LogP contribution in [0, 0.1) is 0 Å². The second-order valence-electron chi connectivity index (χ2n) is 3.63. The number of amides is 1. The molecule has 1 amide bonds. The van der Waals surface area contributed by atoms with E-state index in [0.717, 1.165) is 5.56 Å². The second kappa shape index (κ2) is 4.18. The van der Waals surface area contributed by atoms with Crippen molar-refractivity contribution in [1.82, 2.24) is 9.78 Å². The van der Waals surface area contributed by atoms with E-state index in [9.17, 15) is 4.79 Å². The van der Waals surface area contributed by atoms with E-state index >= 15 is 0 Å². The summed E-state index contributed by atoms with van der Waals surface area (Å²) in [5, 5.41) is 4.13. The molecule has 0 aliphatic rings. The number of hydrogen-bond donors (Lipinski definition) is 1. The molecule has 2 aromatic rings. The van der Waals surface area contributed by atoms with Crippen molar-refractivity contribution in [2.24, 2.45) is 5.73 Å². The van der Waals surface area contributed by atoms with Crippen molar-refractivity contribution in [2.75, 3.05) is 0 Å². The zero-order chi connectivity index (χ0) is 11.5. The summed E-state index contributed by atoms with van der Waals surface area (Å²) in [7, 11) is 0. The Balaban J connectivity index is 2.27. The van der Waals surface area contributed by atoms with Gasteiger partial charge in [0.1, 0.15) is 5.69 Å². The van der Waals surface area contributed by atoms with Crippen LogP contribution in [0.5, 0.6) is 0 Å². The van der Waals surface area contributed by atoms with Crippen LogP contribution in [0.2, 0.25) is 0 Å². The van der Waals surface area contributed by atoms with E-state index in [4.69, 9.17) is 5.73 Å². The fraction of sp³-hybridized carbons (Fsp3) is 0.167. The normalized spacial score (nSPS) is 12.3. The first-order valence-electron chi connectivity index (χ1n) is 5.08. The molecule has 4 nitrogen and oxygen atoms in total. The van der Waals surface area contributed by atoms with Crippen LogP contribution in [-0.2, 0) is 0 Å². The fourth-order valence-corrected chi connectivity index (χ4v) is 1.57. The Bertz CT molecular complexity index is 490. The van der Waals surface area contributed by atoms with Crippen LogP contribution >= 0.6 is 0 Å². The highest BCUT2D eigenvalue weighted by Crippen LogP contribution is 2.16. The maximum atomic E-state index is 10.9. The van der Waals surface area contributed by atoms with Crippen LogP contribution in [0.1, 0.15) is 29.0 Å². The minimum absolute atomic E-state index is 0.0919. The number of rotatable bonds is 3. The average molecular weight is 215 g/mol. The van der Waals surface area contributed by atoms with Gasteiger partial charge in [-0.2, -0.15) is 5.10 Å². The number of carbonyl (C=O) groups is 1. The lowest BCUT2D eigenvalue weighted by molar-refractivity contribution is 0.0994. The second-order valence-corrected chi connectivity index (χ2v) is 3.63. The third kappa shape index (κ3) is 1.95. The fourth-order valence-electron chi connectivity index (χ4n) is 1.57. The maximum absolute atomic E-state index is 10.9. The van der Waals surface area contributed by atoms with Gasteiger partial charge in [0, 0.05) is 6.20 Å². The third-order valence-corrected chi connectivity index (χ3v) is 2.54. The quantitative estimate of drug-likeness (QED) is 0.845. The monoisotopic (exact) mass is 215 g/mol. The molecule has 0 saturated heterocycles. The number of nitrogens with two attached hydrogens (primary N) is 1. The SMILES string of the molecule is CC(c1ccccc1)n1ccc(C(N)=O)n1. The van der Waals surface area contributed by atoms with E-state index in [1.165, 1.54) is 0 Å². The van der Waals surface area contributed by atoms with Gasteiger partial charge in [-0.1, -0.05) is 30.3 Å². The lowest BCUT2D eigenvalue weighted by Crippen LogP contribution is -2.14. The van der Waals surface area contributed by atoms with Gasteiger partial charge in [0.2, 0.25) is 0 Å². The molecule has 16 heavy (non-hydrogen) atoms. The molecule has 4 heteroatoms. The van der Waals surface area contributed by atoms with E-state index in [1.54, 1.807) is 16.9 Å². The molecular formula is C12H13N3O. The molecule has 1 heterocycles. The summed E-state index contributed by atoms with van der Waals surface area (Å²) in [6.45, 7) is 2.02. The first-order chi connectivity index (χ1) is 7.68. The van der Waals surface area contributed by atoms with Crippen molar-refractivity contribution in [1.29, 1.82) is 0 Å². The predicted octanol–water partition coefficient (Wildman–Crippen LogP) is 1.59. The molecule has 0 bridgehead atoms. The topological polar surface area (TPSA) is 60.9 Å². The van der Waals surface area contributed by atoms with Crippen LogP contribution in [0.3, 0.4) is 0 Å². The molecule has 1 unspecified atom stereocenters. The Labute approximate surface area is 93.7 Å². The Kier molecular flexibility index (Phi) is 2.72. The van der Waals surface area contributed by atoms with Crippen molar-refractivity contribution in [3.8, 4) is 0 Å². The highest BCUT2D eigenvalue weighted by atomic mass is 16.1. The highest BCUT2D eigenvalue weighted by Gasteiger charge is 2.10. The summed E-state index contributed by atoms with van der Waals surface area (Å²) < 4.78 is 1.73. The first kappa shape index (κ1) is 10.4. The number of primary amides is 1. The molecule has 0 spiro atoms. The molecular weight excluding hydrogens is 202 g/mol. The van der Waals surface area contributed by atoms with E-state index in [1.807, 2.05) is 37.3 Å². The van der Waals surface area contributed by atoms with Gasteiger partial charge < -0.3 is 5.73 Å². The molecule has 0 aliphatic carbocycles. The lowest BCUT2D eigenvalue weighted by Gasteiger charge is -2.11. The van der Waals surface area contributed by atoms with Crippen LogP contribution in [-0.4, -0.2) is 15.7 Å². The molecule has 0 aliphatic heterocycles. The summed E-state index contributed by atoms with van der Waals surface area (Å²) in [4.78, 5) is 10.9. The molecule has 1 aromatic carbocycles. The summed E-state index contributed by atoms with van der Waals surface area (Å²) >= 11 is 0. The van der Waals surface area contributed by atoms with Gasteiger partial charge in [0.05, 0.1) is 6.04 Å². The van der Waals surface area contributed by atoms with Crippen molar-refractivity contribution >= 4 is 5.91 Å². The van der Waals surface area contributed by atoms with Gasteiger partial charge in [0.15, 0.2) is 0 Å². The highest BCUT2D eigenvalue weighted by molar-refractivity contribution is 5.90. The van der Waals surface area contributed by atoms with Crippen LogP contribution < -0.4 is 5.73 Å². The number of nitrogens with zero attached hydrogens (tertiary/aromatic N) is 2. The smallest absolute Gasteiger partial charge is 0.269 e. The first-order valence-corrected chi connectivity index (χ1v) is 5.08. The van der Waals surface area contributed by atoms with Gasteiger partial charge in [-0.15, -0.1) is 0 Å². The Morgan fingerprint density at radius 1 is 1.31 bits per heavy atom. The summed E-state index contributed by atoms with van der Waals surface area (Å²) in [6, 6.07) is 11.7. The standard InChI is InChI=1S/C12H13N3O/c1-9(10-5-3-2-4-6-10)15-8-7-11(14-15)12(13)16/h2-9H,1H3,(H2,13,16). The van der Waals surface area contributed by atoms with Crippen molar-refractivity contribution < 1.29 is 4.79 Å². The van der Waals surface area contributed by atoms with Crippen molar-refractivity contribution in [3.63, 3.8) is 0 Å². The zero-order valence-corrected chi connectivity index (χ0v) is 9.00. The van der Waals surface area contributed by atoms with Crippen LogP contribution in [0.4, 0.5) is 0 Å². The Hall–Kier alpha value is -2.10. The predicted molar refractivity (Wildman–Crippen MR) is 61.0 cm³/mol. The minimum Gasteiger partial charge on any atom is -0.364 e. The Morgan fingerprint density at radius 2 is 2.00 bits per heavy atom. The number of hydrogen-bond acceptors (Lipinski definition) is 2. The summed E-state index contributed by atoms with van der Waals surface area (Å²) in [6.07, 6.45) is 1.76. The van der Waals surface area contributed by atoms with Gasteiger partial charge in [0.25, 0.3) is 5.91 Å². The third-order valence-electron chi connectivity index (χ3n) is 2.54. The molecule has 0 radical (unpaired) electrons. The molecule has 82 valence electrons. The van der Waals surface area contributed by atoms with Gasteiger partial charge >= 0.3 is 0 Å². The van der Waals surface area contributed by atoms with Gasteiger partial charge in [-0.3, -0.25) is 9.48 Å². The molecule has 1 aromatic heterocycles. The number of carbonyl (C=O) groups excluding carboxylic acids is 1. The average Bonchev–Trinajstić information content (AvgIpc) is 2.78. The van der Waals surface area contributed by atoms with Crippen LogP contribution in [0.25, 0.3) is 0 Å². The van der Waals surface area contributed by atoms with Crippen molar-refractivity contribution in [3.05, 3.63) is 53.9 Å². The summed E-state index contributed by atoms with van der Waals surface area (Å²) in [5.41, 5.74) is 6.59. The molecule has 2 rings (SSSR count). The van der Waals surface area contributed by atoms with Crippen molar-refractivity contribution in [2.45, 2.75) is 13.0 Å². The molecule has 0 fully saturated rings. The lowest BCUT2D eigenvalue weighted by atomic mass is 10.1. The van der Waals surface area contributed by atoms with E-state index in [0.29, 0.717) is 5.69 Å². The number of benzene rings is 1. The molecule has 1 atom stereocenters. The molecule has 0 saturated carbocycles. The number of aromatic nitrogens is 2. The minimum atomic E-state index is -0.501. The summed E-state index contributed by atoms with van der Waals surface area (Å²) in [5.74, 6) is -0.501. The van der Waals surface area contributed by atoms with Gasteiger partial charge in [-0.05, 0) is 18.6 Å². The van der Waals surface area contributed by atoms with Gasteiger partial charge in [-0.25, -0.2) is 0 Å². The largest absolute Gasteiger partial charge is 0.364 e.